The Morgan fingerprint density at radius 1 is 1.35 bits per heavy atom. The van der Waals surface area contributed by atoms with E-state index in [-0.39, 0.29) is 6.04 Å². The van der Waals surface area contributed by atoms with Gasteiger partial charge in [-0.05, 0) is 37.6 Å². The number of guanidine groups is 1. The van der Waals surface area contributed by atoms with Crippen LogP contribution in [0.4, 0.5) is 0 Å². The number of nitrogens with one attached hydrogen (secondary N) is 2. The molecule has 0 aliphatic carbocycles. The highest BCUT2D eigenvalue weighted by atomic mass is 35.5. The molecule has 1 aromatic carbocycles. The van der Waals surface area contributed by atoms with Crippen molar-refractivity contribution in [3.8, 4) is 0 Å². The normalized spacial score (nSPS) is 13.0. The molecule has 0 saturated heterocycles. The first-order chi connectivity index (χ1) is 11.0. The van der Waals surface area contributed by atoms with Crippen LogP contribution in [0.25, 0.3) is 0 Å². The first-order valence-electron chi connectivity index (χ1n) is 7.48. The van der Waals surface area contributed by atoms with Crippen LogP contribution in [0.3, 0.4) is 0 Å². The fraction of sp³-hybridized carbons (Fsp3) is 0.375. The second-order valence-electron chi connectivity index (χ2n) is 5.17. The maximum Gasteiger partial charge on any atom is 0.192 e. The third-order valence-corrected chi connectivity index (χ3v) is 4.01. The van der Waals surface area contributed by atoms with Gasteiger partial charge in [-0.3, -0.25) is 4.68 Å². The van der Waals surface area contributed by atoms with Crippen LogP contribution in [0, 0.1) is 0 Å². The molecule has 23 heavy (non-hydrogen) atoms. The number of aryl methyl sites for hydroxylation is 1. The van der Waals surface area contributed by atoms with Crippen molar-refractivity contribution in [1.29, 1.82) is 0 Å². The van der Waals surface area contributed by atoms with Gasteiger partial charge in [-0.1, -0.05) is 29.3 Å². The molecule has 0 radical (unpaired) electrons. The minimum atomic E-state index is 0.00380. The number of halogens is 2. The van der Waals surface area contributed by atoms with E-state index < -0.39 is 0 Å². The molecular weight excluding hydrogens is 333 g/mol. The van der Waals surface area contributed by atoms with Crippen LogP contribution in [0.2, 0.25) is 10.0 Å². The summed E-state index contributed by atoms with van der Waals surface area (Å²) in [6.45, 7) is 5.39. The van der Waals surface area contributed by atoms with Crippen molar-refractivity contribution < 1.29 is 0 Å². The average Bonchev–Trinajstić information content (AvgIpc) is 2.90. The summed E-state index contributed by atoms with van der Waals surface area (Å²) in [6, 6.07) is 7.46. The van der Waals surface area contributed by atoms with Gasteiger partial charge in [-0.2, -0.15) is 5.10 Å². The van der Waals surface area contributed by atoms with Gasteiger partial charge in [-0.25, -0.2) is 4.99 Å². The molecule has 1 heterocycles. The van der Waals surface area contributed by atoms with Crippen molar-refractivity contribution >= 4 is 29.2 Å². The zero-order valence-corrected chi connectivity index (χ0v) is 15.0. The zero-order chi connectivity index (χ0) is 16.8. The average molecular weight is 354 g/mol. The Morgan fingerprint density at radius 3 is 2.74 bits per heavy atom. The minimum Gasteiger partial charge on any atom is -0.357 e. The van der Waals surface area contributed by atoms with E-state index in [1.807, 2.05) is 43.8 Å². The molecule has 2 N–H and O–H groups in total. The maximum absolute atomic E-state index is 6.27. The van der Waals surface area contributed by atoms with Crippen molar-refractivity contribution in [3.63, 3.8) is 0 Å². The van der Waals surface area contributed by atoms with E-state index in [4.69, 9.17) is 23.2 Å². The third-order valence-electron chi connectivity index (χ3n) is 3.45. The summed E-state index contributed by atoms with van der Waals surface area (Å²) in [5.74, 6) is 0.729. The number of rotatable bonds is 5. The number of hydrogen-bond acceptors (Lipinski definition) is 2. The van der Waals surface area contributed by atoms with Crippen LogP contribution in [0.15, 0.2) is 35.5 Å². The molecule has 2 aromatic rings. The van der Waals surface area contributed by atoms with Crippen molar-refractivity contribution in [2.75, 3.05) is 6.54 Å². The van der Waals surface area contributed by atoms with Gasteiger partial charge in [-0.15, -0.1) is 0 Å². The van der Waals surface area contributed by atoms with E-state index >= 15 is 0 Å². The fourth-order valence-corrected chi connectivity index (χ4v) is 2.74. The van der Waals surface area contributed by atoms with Crippen LogP contribution in [0.5, 0.6) is 0 Å². The zero-order valence-electron chi connectivity index (χ0n) is 13.5. The SMILES string of the molecule is CCNC(=NCc1ccnn1C)NC(C)c1ccc(Cl)cc1Cl. The molecule has 1 unspecified atom stereocenters. The van der Waals surface area contributed by atoms with Crippen LogP contribution in [-0.4, -0.2) is 22.3 Å². The molecule has 0 aliphatic heterocycles. The monoisotopic (exact) mass is 353 g/mol. The summed E-state index contributed by atoms with van der Waals surface area (Å²) in [5.41, 5.74) is 2.02. The molecule has 2 rings (SSSR count). The lowest BCUT2D eigenvalue weighted by Crippen LogP contribution is -2.38. The van der Waals surface area contributed by atoms with Crippen LogP contribution < -0.4 is 10.6 Å². The number of aliphatic imine (C=N–C) groups is 1. The Morgan fingerprint density at radius 2 is 2.13 bits per heavy atom. The van der Waals surface area contributed by atoms with E-state index in [0.717, 1.165) is 23.8 Å². The quantitative estimate of drug-likeness (QED) is 0.638. The van der Waals surface area contributed by atoms with Crippen LogP contribution in [0.1, 0.15) is 31.1 Å². The maximum atomic E-state index is 6.27. The fourth-order valence-electron chi connectivity index (χ4n) is 2.17. The van der Waals surface area contributed by atoms with Gasteiger partial charge in [0.1, 0.15) is 0 Å². The number of hydrogen-bond donors (Lipinski definition) is 2. The number of nitrogens with zero attached hydrogens (tertiary/aromatic N) is 3. The summed E-state index contributed by atoms with van der Waals surface area (Å²) in [4.78, 5) is 4.59. The summed E-state index contributed by atoms with van der Waals surface area (Å²) >= 11 is 12.2. The lowest BCUT2D eigenvalue weighted by atomic mass is 10.1. The topological polar surface area (TPSA) is 54.2 Å². The number of aromatic nitrogens is 2. The van der Waals surface area contributed by atoms with E-state index in [2.05, 4.69) is 20.7 Å². The van der Waals surface area contributed by atoms with E-state index in [1.54, 1.807) is 12.3 Å². The van der Waals surface area contributed by atoms with Gasteiger partial charge < -0.3 is 10.6 Å². The Labute approximate surface area is 146 Å². The second kappa shape index (κ2) is 8.22. The lowest BCUT2D eigenvalue weighted by Gasteiger charge is -2.19. The van der Waals surface area contributed by atoms with Crippen molar-refractivity contribution in [1.82, 2.24) is 20.4 Å². The summed E-state index contributed by atoms with van der Waals surface area (Å²) in [5, 5.41) is 12.0. The Hall–Kier alpha value is -1.72. The summed E-state index contributed by atoms with van der Waals surface area (Å²) in [7, 11) is 1.90. The standard InChI is InChI=1S/C16H21Cl2N5/c1-4-19-16(20-10-13-7-8-21-23(13)3)22-11(2)14-6-5-12(17)9-15(14)18/h5-9,11H,4,10H2,1-3H3,(H2,19,20,22). The summed E-state index contributed by atoms with van der Waals surface area (Å²) < 4.78 is 1.81. The predicted molar refractivity (Wildman–Crippen MR) is 96.0 cm³/mol. The molecule has 0 amide bonds. The Balaban J connectivity index is 2.10. The van der Waals surface area contributed by atoms with Gasteiger partial charge >= 0.3 is 0 Å². The second-order valence-corrected chi connectivity index (χ2v) is 6.02. The molecule has 1 aromatic heterocycles. The third kappa shape index (κ3) is 4.88. The first-order valence-corrected chi connectivity index (χ1v) is 8.23. The highest BCUT2D eigenvalue weighted by molar-refractivity contribution is 6.35. The predicted octanol–water partition coefficient (Wildman–Crippen LogP) is 3.54. The van der Waals surface area contributed by atoms with Gasteiger partial charge in [0.15, 0.2) is 5.96 Å². The van der Waals surface area contributed by atoms with Gasteiger partial charge in [0, 0.05) is 29.8 Å². The van der Waals surface area contributed by atoms with Crippen molar-refractivity contribution in [3.05, 3.63) is 51.8 Å². The van der Waals surface area contributed by atoms with E-state index in [1.165, 1.54) is 0 Å². The van der Waals surface area contributed by atoms with E-state index in [9.17, 15) is 0 Å². The first kappa shape index (κ1) is 17.6. The molecule has 7 heteroatoms. The molecule has 0 fully saturated rings. The highest BCUT2D eigenvalue weighted by Crippen LogP contribution is 2.25. The molecular formula is C16H21Cl2N5. The minimum absolute atomic E-state index is 0.00380. The summed E-state index contributed by atoms with van der Waals surface area (Å²) in [6.07, 6.45) is 1.77. The van der Waals surface area contributed by atoms with Crippen LogP contribution >= 0.6 is 23.2 Å². The van der Waals surface area contributed by atoms with E-state index in [0.29, 0.717) is 16.6 Å². The smallest absolute Gasteiger partial charge is 0.192 e. The molecule has 0 saturated carbocycles. The molecule has 0 spiro atoms. The molecule has 5 nitrogen and oxygen atoms in total. The van der Waals surface area contributed by atoms with Gasteiger partial charge in [0.25, 0.3) is 0 Å². The van der Waals surface area contributed by atoms with Gasteiger partial charge in [0.2, 0.25) is 0 Å². The number of benzene rings is 1. The van der Waals surface area contributed by atoms with Crippen LogP contribution in [-0.2, 0) is 13.6 Å². The molecule has 1 atom stereocenters. The molecule has 124 valence electrons. The molecule has 0 bridgehead atoms. The lowest BCUT2D eigenvalue weighted by molar-refractivity contribution is 0.677. The Bertz CT molecular complexity index is 681. The molecule has 0 aliphatic rings. The van der Waals surface area contributed by atoms with Gasteiger partial charge in [0.05, 0.1) is 18.3 Å². The Kier molecular flexibility index (Phi) is 6.30. The van der Waals surface area contributed by atoms with Crippen molar-refractivity contribution in [2.24, 2.45) is 12.0 Å². The van der Waals surface area contributed by atoms with Crippen molar-refractivity contribution in [2.45, 2.75) is 26.4 Å². The largest absolute Gasteiger partial charge is 0.357 e. The highest BCUT2D eigenvalue weighted by Gasteiger charge is 2.12.